The minimum atomic E-state index is 0.581. The fourth-order valence-corrected chi connectivity index (χ4v) is 2.20. The van der Waals surface area contributed by atoms with Crippen molar-refractivity contribution in [2.45, 2.75) is 27.3 Å². The van der Waals surface area contributed by atoms with Crippen molar-refractivity contribution in [3.05, 3.63) is 36.4 Å². The summed E-state index contributed by atoms with van der Waals surface area (Å²) in [6.07, 6.45) is 3.94. The van der Waals surface area contributed by atoms with Crippen LogP contribution in [-0.4, -0.2) is 24.4 Å². The minimum Gasteiger partial charge on any atom is -0.272 e. The van der Waals surface area contributed by atoms with Crippen LogP contribution >= 0.6 is 0 Å². The molecule has 0 aliphatic heterocycles. The van der Waals surface area contributed by atoms with E-state index in [9.17, 15) is 0 Å². The van der Waals surface area contributed by atoms with Gasteiger partial charge in [0.2, 0.25) is 0 Å². The van der Waals surface area contributed by atoms with E-state index in [2.05, 4.69) is 35.2 Å². The molecule has 0 aliphatic rings. The molecule has 0 atom stereocenters. The average molecular weight is 255 g/mol. The van der Waals surface area contributed by atoms with Crippen molar-refractivity contribution in [1.29, 1.82) is 0 Å². The Hall–Kier alpha value is -2.17. The predicted octanol–water partition coefficient (Wildman–Crippen LogP) is 2.56. The molecule has 3 heterocycles. The summed E-state index contributed by atoms with van der Waals surface area (Å²) in [5.74, 6) is 1.36. The second kappa shape index (κ2) is 4.50. The maximum absolute atomic E-state index is 4.43. The average Bonchev–Trinajstić information content (AvgIpc) is 2.92. The lowest BCUT2D eigenvalue weighted by Crippen LogP contribution is -2.04. The SMILES string of the molecule is Cc1nc2cccc(-c3cnn(CC(C)C)c3)n2n1. The lowest BCUT2D eigenvalue weighted by molar-refractivity contribution is 0.483. The first-order valence-electron chi connectivity index (χ1n) is 6.48. The van der Waals surface area contributed by atoms with Crippen LogP contribution in [-0.2, 0) is 6.54 Å². The quantitative estimate of drug-likeness (QED) is 0.722. The largest absolute Gasteiger partial charge is 0.272 e. The topological polar surface area (TPSA) is 48.0 Å². The van der Waals surface area contributed by atoms with E-state index in [4.69, 9.17) is 0 Å². The number of aromatic nitrogens is 5. The van der Waals surface area contributed by atoms with Gasteiger partial charge in [-0.25, -0.2) is 9.50 Å². The number of aryl methyl sites for hydroxylation is 1. The molecule has 0 unspecified atom stereocenters. The van der Waals surface area contributed by atoms with Crippen LogP contribution < -0.4 is 0 Å². The second-order valence-electron chi connectivity index (χ2n) is 5.18. The van der Waals surface area contributed by atoms with Crippen LogP contribution in [0.2, 0.25) is 0 Å². The molecule has 5 nitrogen and oxygen atoms in total. The van der Waals surface area contributed by atoms with Gasteiger partial charge in [-0.15, -0.1) is 0 Å². The van der Waals surface area contributed by atoms with Crippen molar-refractivity contribution >= 4 is 5.65 Å². The van der Waals surface area contributed by atoms with E-state index >= 15 is 0 Å². The van der Waals surface area contributed by atoms with E-state index in [1.807, 2.05) is 40.5 Å². The third-order valence-electron chi connectivity index (χ3n) is 2.95. The first-order chi connectivity index (χ1) is 9.13. The van der Waals surface area contributed by atoms with Gasteiger partial charge in [0.15, 0.2) is 5.65 Å². The third-order valence-corrected chi connectivity index (χ3v) is 2.95. The highest BCUT2D eigenvalue weighted by molar-refractivity contribution is 5.61. The highest BCUT2D eigenvalue weighted by Crippen LogP contribution is 2.19. The van der Waals surface area contributed by atoms with E-state index in [0.29, 0.717) is 5.92 Å². The van der Waals surface area contributed by atoms with Gasteiger partial charge in [-0.05, 0) is 25.0 Å². The molecule has 3 aromatic heterocycles. The van der Waals surface area contributed by atoms with Gasteiger partial charge in [0.05, 0.1) is 11.9 Å². The molecule has 0 fully saturated rings. The van der Waals surface area contributed by atoms with Crippen molar-refractivity contribution < 1.29 is 0 Å². The van der Waals surface area contributed by atoms with Crippen LogP contribution in [0, 0.1) is 12.8 Å². The Morgan fingerprint density at radius 3 is 2.89 bits per heavy atom. The van der Waals surface area contributed by atoms with Crippen LogP contribution in [0.25, 0.3) is 16.9 Å². The number of fused-ring (bicyclic) bond motifs is 1. The molecule has 98 valence electrons. The lowest BCUT2D eigenvalue weighted by Gasteiger charge is -2.04. The highest BCUT2D eigenvalue weighted by atomic mass is 15.3. The summed E-state index contributed by atoms with van der Waals surface area (Å²) >= 11 is 0. The maximum atomic E-state index is 4.43. The molecule has 0 bridgehead atoms. The summed E-state index contributed by atoms with van der Waals surface area (Å²) in [5.41, 5.74) is 2.95. The molecular weight excluding hydrogens is 238 g/mol. The van der Waals surface area contributed by atoms with Crippen LogP contribution in [0.15, 0.2) is 30.6 Å². The number of nitrogens with zero attached hydrogens (tertiary/aromatic N) is 5. The van der Waals surface area contributed by atoms with Gasteiger partial charge in [0, 0.05) is 18.3 Å². The monoisotopic (exact) mass is 255 g/mol. The van der Waals surface area contributed by atoms with Crippen molar-refractivity contribution in [1.82, 2.24) is 24.4 Å². The summed E-state index contributed by atoms with van der Waals surface area (Å²) in [7, 11) is 0. The second-order valence-corrected chi connectivity index (χ2v) is 5.18. The van der Waals surface area contributed by atoms with Crippen LogP contribution in [0.3, 0.4) is 0 Å². The molecule has 0 N–H and O–H groups in total. The zero-order valence-electron chi connectivity index (χ0n) is 11.4. The summed E-state index contributed by atoms with van der Waals surface area (Å²) in [4.78, 5) is 4.38. The Kier molecular flexibility index (Phi) is 2.81. The fourth-order valence-electron chi connectivity index (χ4n) is 2.20. The molecular formula is C14H17N5. The Morgan fingerprint density at radius 2 is 2.11 bits per heavy atom. The van der Waals surface area contributed by atoms with E-state index in [0.717, 1.165) is 29.3 Å². The van der Waals surface area contributed by atoms with Gasteiger partial charge in [0.1, 0.15) is 5.82 Å². The number of pyridine rings is 1. The summed E-state index contributed by atoms with van der Waals surface area (Å²) < 4.78 is 3.84. The lowest BCUT2D eigenvalue weighted by atomic mass is 10.2. The molecule has 0 amide bonds. The Labute approximate surface area is 111 Å². The Morgan fingerprint density at radius 1 is 1.26 bits per heavy atom. The maximum Gasteiger partial charge on any atom is 0.156 e. The molecule has 0 spiro atoms. The summed E-state index contributed by atoms with van der Waals surface area (Å²) in [6.45, 7) is 7.19. The normalized spacial score (nSPS) is 11.6. The van der Waals surface area contributed by atoms with Gasteiger partial charge in [-0.3, -0.25) is 4.68 Å². The number of hydrogen-bond acceptors (Lipinski definition) is 3. The predicted molar refractivity (Wildman–Crippen MR) is 73.8 cm³/mol. The van der Waals surface area contributed by atoms with Crippen LogP contribution in [0.1, 0.15) is 19.7 Å². The molecule has 0 radical (unpaired) electrons. The standard InChI is InChI=1S/C14H17N5/c1-10(2)8-18-9-12(7-15-18)13-5-4-6-14-16-11(3)17-19(13)14/h4-7,9-10H,8H2,1-3H3. The third kappa shape index (κ3) is 2.23. The van der Waals surface area contributed by atoms with E-state index in [1.165, 1.54) is 0 Å². The molecule has 3 aromatic rings. The molecule has 0 aromatic carbocycles. The van der Waals surface area contributed by atoms with Crippen LogP contribution in [0.4, 0.5) is 0 Å². The van der Waals surface area contributed by atoms with Crippen LogP contribution in [0.5, 0.6) is 0 Å². The first-order valence-corrected chi connectivity index (χ1v) is 6.48. The fraction of sp³-hybridized carbons (Fsp3) is 0.357. The summed E-state index contributed by atoms with van der Waals surface area (Å²) in [6, 6.07) is 6.00. The van der Waals surface area contributed by atoms with Crippen molar-refractivity contribution in [2.24, 2.45) is 5.92 Å². The van der Waals surface area contributed by atoms with E-state index in [1.54, 1.807) is 0 Å². The Balaban J connectivity index is 2.06. The van der Waals surface area contributed by atoms with Gasteiger partial charge >= 0.3 is 0 Å². The molecule has 0 saturated carbocycles. The minimum absolute atomic E-state index is 0.581. The van der Waals surface area contributed by atoms with E-state index < -0.39 is 0 Å². The molecule has 0 saturated heterocycles. The zero-order chi connectivity index (χ0) is 13.4. The number of rotatable bonds is 3. The van der Waals surface area contributed by atoms with Crippen molar-refractivity contribution in [3.63, 3.8) is 0 Å². The van der Waals surface area contributed by atoms with Crippen molar-refractivity contribution in [2.75, 3.05) is 0 Å². The zero-order valence-corrected chi connectivity index (χ0v) is 11.4. The van der Waals surface area contributed by atoms with Gasteiger partial charge in [-0.1, -0.05) is 19.9 Å². The van der Waals surface area contributed by atoms with Gasteiger partial charge in [0.25, 0.3) is 0 Å². The summed E-state index contributed by atoms with van der Waals surface area (Å²) in [5, 5.41) is 8.83. The molecule has 3 rings (SSSR count). The molecule has 0 aliphatic carbocycles. The smallest absolute Gasteiger partial charge is 0.156 e. The van der Waals surface area contributed by atoms with E-state index in [-0.39, 0.29) is 0 Å². The number of hydrogen-bond donors (Lipinski definition) is 0. The molecule has 5 heteroatoms. The first kappa shape index (κ1) is 11.9. The van der Waals surface area contributed by atoms with Gasteiger partial charge in [-0.2, -0.15) is 10.2 Å². The van der Waals surface area contributed by atoms with Crippen molar-refractivity contribution in [3.8, 4) is 11.3 Å². The van der Waals surface area contributed by atoms with Gasteiger partial charge < -0.3 is 0 Å². The molecule has 19 heavy (non-hydrogen) atoms. The highest BCUT2D eigenvalue weighted by Gasteiger charge is 2.09. The Bertz CT molecular complexity index is 708.